The van der Waals surface area contributed by atoms with Gasteiger partial charge in [-0.25, -0.2) is 0 Å². The first-order chi connectivity index (χ1) is 5.04. The van der Waals surface area contributed by atoms with Crippen molar-refractivity contribution in [1.82, 2.24) is 4.90 Å². The highest BCUT2D eigenvalue weighted by molar-refractivity contribution is 4.60. The second-order valence-electron chi connectivity index (χ2n) is 3.76. The van der Waals surface area contributed by atoms with E-state index in [9.17, 15) is 5.11 Å². The molecule has 2 heteroatoms. The third kappa shape index (κ3) is 6.32. The van der Waals surface area contributed by atoms with Crippen LogP contribution in [0.25, 0.3) is 0 Å². The summed E-state index contributed by atoms with van der Waals surface area (Å²) in [6.07, 6.45) is 1.90. The van der Waals surface area contributed by atoms with E-state index in [2.05, 4.69) is 32.8 Å². The first-order valence-corrected chi connectivity index (χ1v) is 4.37. The summed E-state index contributed by atoms with van der Waals surface area (Å²) < 4.78 is 0. The third-order valence-electron chi connectivity index (χ3n) is 1.87. The van der Waals surface area contributed by atoms with Crippen molar-refractivity contribution >= 4 is 0 Å². The van der Waals surface area contributed by atoms with Gasteiger partial charge in [0.25, 0.3) is 0 Å². The quantitative estimate of drug-likeness (QED) is 0.654. The van der Waals surface area contributed by atoms with Crippen LogP contribution in [0.2, 0.25) is 0 Å². The Morgan fingerprint density at radius 1 is 1.27 bits per heavy atom. The highest BCUT2D eigenvalue weighted by Gasteiger charge is 2.07. The maximum absolute atomic E-state index is 9.42. The van der Waals surface area contributed by atoms with Gasteiger partial charge < -0.3 is 10.0 Å². The average molecular weight is 159 g/mol. The molecular weight excluding hydrogens is 138 g/mol. The van der Waals surface area contributed by atoms with E-state index >= 15 is 0 Å². The van der Waals surface area contributed by atoms with E-state index in [1.54, 1.807) is 0 Å². The first-order valence-electron chi connectivity index (χ1n) is 4.37. The molecule has 0 aliphatic rings. The molecule has 11 heavy (non-hydrogen) atoms. The lowest BCUT2D eigenvalue weighted by Gasteiger charge is -2.15. The molecule has 0 bridgehead atoms. The van der Waals surface area contributed by atoms with Gasteiger partial charge in [0.2, 0.25) is 0 Å². The van der Waals surface area contributed by atoms with Gasteiger partial charge in [-0.2, -0.15) is 0 Å². The van der Waals surface area contributed by atoms with Gasteiger partial charge >= 0.3 is 0 Å². The second-order valence-corrected chi connectivity index (χ2v) is 3.76. The summed E-state index contributed by atoms with van der Waals surface area (Å²) in [5, 5.41) is 9.42. The summed E-state index contributed by atoms with van der Waals surface area (Å²) in [6.45, 7) is 5.18. The van der Waals surface area contributed by atoms with Crippen molar-refractivity contribution in [3.63, 3.8) is 0 Å². The molecule has 0 radical (unpaired) electrons. The van der Waals surface area contributed by atoms with Crippen LogP contribution < -0.4 is 0 Å². The fourth-order valence-corrected chi connectivity index (χ4v) is 0.950. The summed E-state index contributed by atoms with van der Waals surface area (Å²) in [5.41, 5.74) is 0. The van der Waals surface area contributed by atoms with Crippen molar-refractivity contribution < 1.29 is 5.11 Å². The van der Waals surface area contributed by atoms with Gasteiger partial charge in [-0.1, -0.05) is 13.8 Å². The number of aliphatic hydroxyl groups is 1. The highest BCUT2D eigenvalue weighted by Crippen LogP contribution is 2.07. The number of rotatable bonds is 5. The van der Waals surface area contributed by atoms with Gasteiger partial charge in [-0.3, -0.25) is 0 Å². The van der Waals surface area contributed by atoms with Crippen LogP contribution in [0.3, 0.4) is 0 Å². The van der Waals surface area contributed by atoms with Crippen molar-refractivity contribution in [2.24, 2.45) is 5.92 Å². The Kier molecular flexibility index (Phi) is 5.51. The van der Waals surface area contributed by atoms with Crippen molar-refractivity contribution in [1.29, 1.82) is 0 Å². The lowest BCUT2D eigenvalue weighted by atomic mass is 10.0. The van der Waals surface area contributed by atoms with Crippen LogP contribution in [0.4, 0.5) is 0 Å². The molecular formula is C9H21NO. The van der Waals surface area contributed by atoms with Crippen molar-refractivity contribution in [3.05, 3.63) is 0 Å². The van der Waals surface area contributed by atoms with Gasteiger partial charge in [0, 0.05) is 0 Å². The predicted octanol–water partition coefficient (Wildman–Crippen LogP) is 1.35. The van der Waals surface area contributed by atoms with E-state index in [1.807, 2.05) is 0 Å². The predicted molar refractivity (Wildman–Crippen MR) is 48.6 cm³/mol. The Bertz CT molecular complexity index is 91.6. The summed E-state index contributed by atoms with van der Waals surface area (Å²) in [4.78, 5) is 2.15. The normalized spacial score (nSPS) is 14.5. The molecule has 1 N–H and O–H groups in total. The summed E-state index contributed by atoms with van der Waals surface area (Å²) in [6, 6.07) is 0. The molecule has 0 saturated heterocycles. The molecule has 0 fully saturated rings. The number of aliphatic hydroxyl groups excluding tert-OH is 1. The molecule has 0 rings (SSSR count). The first kappa shape index (κ1) is 10.9. The van der Waals surface area contributed by atoms with E-state index in [0.29, 0.717) is 5.92 Å². The van der Waals surface area contributed by atoms with Crippen LogP contribution in [0, 0.1) is 5.92 Å². The molecule has 0 heterocycles. The van der Waals surface area contributed by atoms with Gasteiger partial charge in [0.15, 0.2) is 0 Å². The zero-order chi connectivity index (χ0) is 8.85. The van der Waals surface area contributed by atoms with Crippen molar-refractivity contribution in [3.8, 4) is 0 Å². The van der Waals surface area contributed by atoms with Gasteiger partial charge in [-0.05, 0) is 39.4 Å². The molecule has 0 aromatic rings. The molecule has 0 aliphatic carbocycles. The van der Waals surface area contributed by atoms with Crippen LogP contribution in [0.1, 0.15) is 26.7 Å². The standard InChI is InChI=1S/C9H21NO/c1-8(2)9(11)6-5-7-10(3)4/h8-9,11H,5-7H2,1-4H3. The molecule has 0 aliphatic heterocycles. The fraction of sp³-hybridized carbons (Fsp3) is 1.00. The molecule has 2 nitrogen and oxygen atoms in total. The van der Waals surface area contributed by atoms with Crippen LogP contribution in [-0.2, 0) is 0 Å². The average Bonchev–Trinajstić information content (AvgIpc) is 1.86. The Morgan fingerprint density at radius 2 is 1.82 bits per heavy atom. The zero-order valence-corrected chi connectivity index (χ0v) is 8.17. The maximum Gasteiger partial charge on any atom is 0.0563 e. The van der Waals surface area contributed by atoms with Gasteiger partial charge in [0.05, 0.1) is 6.10 Å². The van der Waals surface area contributed by atoms with Crippen molar-refractivity contribution in [2.75, 3.05) is 20.6 Å². The van der Waals surface area contributed by atoms with E-state index in [4.69, 9.17) is 0 Å². The summed E-state index contributed by atoms with van der Waals surface area (Å²) >= 11 is 0. The van der Waals surface area contributed by atoms with E-state index in [-0.39, 0.29) is 6.10 Å². The Hall–Kier alpha value is -0.0800. The molecule has 0 amide bonds. The molecule has 1 atom stereocenters. The minimum Gasteiger partial charge on any atom is -0.393 e. The van der Waals surface area contributed by atoms with E-state index < -0.39 is 0 Å². The van der Waals surface area contributed by atoms with Gasteiger partial charge in [0.1, 0.15) is 0 Å². The monoisotopic (exact) mass is 159 g/mol. The van der Waals surface area contributed by atoms with Gasteiger partial charge in [-0.15, -0.1) is 0 Å². The number of nitrogens with zero attached hydrogens (tertiary/aromatic N) is 1. The zero-order valence-electron chi connectivity index (χ0n) is 8.17. The second kappa shape index (κ2) is 5.56. The van der Waals surface area contributed by atoms with Crippen LogP contribution in [0.15, 0.2) is 0 Å². The smallest absolute Gasteiger partial charge is 0.0563 e. The summed E-state index contributed by atoms with van der Waals surface area (Å²) in [7, 11) is 4.11. The Labute approximate surface area is 70.2 Å². The topological polar surface area (TPSA) is 23.5 Å². The molecule has 0 spiro atoms. The molecule has 0 saturated carbocycles. The fourth-order valence-electron chi connectivity index (χ4n) is 0.950. The third-order valence-corrected chi connectivity index (χ3v) is 1.87. The number of hydrogen-bond acceptors (Lipinski definition) is 2. The minimum atomic E-state index is -0.116. The Balaban J connectivity index is 3.24. The van der Waals surface area contributed by atoms with Crippen molar-refractivity contribution in [2.45, 2.75) is 32.8 Å². The van der Waals surface area contributed by atoms with E-state index in [0.717, 1.165) is 19.4 Å². The van der Waals surface area contributed by atoms with Crippen LogP contribution in [0.5, 0.6) is 0 Å². The lowest BCUT2D eigenvalue weighted by molar-refractivity contribution is 0.111. The SMILES string of the molecule is CC(C)C(O)CCCN(C)C. The lowest BCUT2D eigenvalue weighted by Crippen LogP contribution is -2.18. The van der Waals surface area contributed by atoms with Crippen LogP contribution in [-0.4, -0.2) is 36.8 Å². The van der Waals surface area contributed by atoms with Crippen LogP contribution >= 0.6 is 0 Å². The molecule has 68 valence electrons. The highest BCUT2D eigenvalue weighted by atomic mass is 16.3. The number of hydrogen-bond donors (Lipinski definition) is 1. The molecule has 1 unspecified atom stereocenters. The maximum atomic E-state index is 9.42. The minimum absolute atomic E-state index is 0.116. The summed E-state index contributed by atoms with van der Waals surface area (Å²) in [5.74, 6) is 0.400. The van der Waals surface area contributed by atoms with E-state index in [1.165, 1.54) is 0 Å². The largest absolute Gasteiger partial charge is 0.393 e. The Morgan fingerprint density at radius 3 is 2.18 bits per heavy atom. The molecule has 0 aromatic carbocycles. The molecule has 0 aromatic heterocycles.